The van der Waals surface area contributed by atoms with Crippen LogP contribution in [0, 0.1) is 11.7 Å². The monoisotopic (exact) mass is 381 g/mol. The minimum absolute atomic E-state index is 0.0730. The molecule has 0 aliphatic heterocycles. The highest BCUT2D eigenvalue weighted by Gasteiger charge is 2.61. The van der Waals surface area contributed by atoms with Crippen LogP contribution in [0.2, 0.25) is 10.0 Å². The van der Waals surface area contributed by atoms with Crippen molar-refractivity contribution >= 4 is 29.1 Å². The van der Waals surface area contributed by atoms with E-state index < -0.39 is 5.41 Å². The van der Waals surface area contributed by atoms with Gasteiger partial charge in [0.25, 0.3) is 0 Å². The van der Waals surface area contributed by atoms with E-state index in [-0.39, 0.29) is 24.2 Å². The van der Waals surface area contributed by atoms with Crippen molar-refractivity contribution in [2.24, 2.45) is 5.92 Å². The van der Waals surface area contributed by atoms with E-state index in [1.54, 1.807) is 42.3 Å². The van der Waals surface area contributed by atoms with Gasteiger partial charge in [-0.3, -0.25) is 4.79 Å². The summed E-state index contributed by atoms with van der Waals surface area (Å²) in [4.78, 5) is 14.7. The average Bonchev–Trinajstić information content (AvgIpc) is 3.34. The van der Waals surface area contributed by atoms with Gasteiger partial charge in [-0.05, 0) is 41.8 Å². The summed E-state index contributed by atoms with van der Waals surface area (Å²) in [5.74, 6) is -0.547. The molecule has 2 atom stereocenters. The second kappa shape index (κ2) is 6.94. The van der Waals surface area contributed by atoms with Gasteiger partial charge in [-0.2, -0.15) is 0 Å². The molecule has 1 amide bonds. The SMILES string of the molecule is CN(Cc1ccc(F)cc1)C(=O)[C@@]1(c2ccc(Cl)c(Cl)c2)CC1CO. The molecule has 6 heteroatoms. The molecule has 3 nitrogen and oxygen atoms in total. The molecule has 1 unspecified atom stereocenters. The number of hydrogen-bond acceptors (Lipinski definition) is 2. The molecule has 1 N–H and O–H groups in total. The fourth-order valence-corrected chi connectivity index (χ4v) is 3.64. The van der Waals surface area contributed by atoms with Crippen molar-refractivity contribution in [3.05, 3.63) is 69.5 Å². The number of halogens is 3. The van der Waals surface area contributed by atoms with Crippen LogP contribution in [0.25, 0.3) is 0 Å². The van der Waals surface area contributed by atoms with Gasteiger partial charge in [0.05, 0.1) is 15.5 Å². The van der Waals surface area contributed by atoms with Crippen LogP contribution in [-0.2, 0) is 16.8 Å². The van der Waals surface area contributed by atoms with Gasteiger partial charge in [0.15, 0.2) is 0 Å². The fraction of sp³-hybridized carbons (Fsp3) is 0.316. The number of rotatable bonds is 5. The second-order valence-corrected chi connectivity index (χ2v) is 7.29. The van der Waals surface area contributed by atoms with Gasteiger partial charge in [0.1, 0.15) is 5.82 Å². The Kier molecular flexibility index (Phi) is 5.05. The standard InChI is InChI=1S/C19H18Cl2FNO2/c1-23(10-12-2-5-15(22)6-3-12)18(25)19(9-14(19)11-24)13-4-7-16(20)17(21)8-13/h2-8,14,24H,9-11H2,1H3/t14?,19-/m1/s1. The Labute approximate surface area is 156 Å². The molecule has 25 heavy (non-hydrogen) atoms. The van der Waals surface area contributed by atoms with Gasteiger partial charge < -0.3 is 10.0 Å². The van der Waals surface area contributed by atoms with Crippen molar-refractivity contribution in [1.29, 1.82) is 0 Å². The van der Waals surface area contributed by atoms with Crippen molar-refractivity contribution in [2.45, 2.75) is 18.4 Å². The molecular weight excluding hydrogens is 364 g/mol. The highest BCUT2D eigenvalue weighted by Crippen LogP contribution is 2.55. The van der Waals surface area contributed by atoms with Gasteiger partial charge >= 0.3 is 0 Å². The second-order valence-electron chi connectivity index (χ2n) is 6.47. The molecule has 0 spiro atoms. The zero-order valence-corrected chi connectivity index (χ0v) is 15.2. The molecule has 0 heterocycles. The molecule has 1 saturated carbocycles. The minimum atomic E-state index is -0.780. The number of hydrogen-bond donors (Lipinski definition) is 1. The van der Waals surface area contributed by atoms with Crippen LogP contribution < -0.4 is 0 Å². The van der Waals surface area contributed by atoms with Crippen molar-refractivity contribution < 1.29 is 14.3 Å². The third-order valence-corrected chi connectivity index (χ3v) is 5.56. The van der Waals surface area contributed by atoms with Gasteiger partial charge in [-0.15, -0.1) is 0 Å². The maximum absolute atomic E-state index is 13.1. The molecule has 2 aromatic rings. The first-order chi connectivity index (χ1) is 11.9. The van der Waals surface area contributed by atoms with Crippen LogP contribution in [0.1, 0.15) is 17.5 Å². The van der Waals surface area contributed by atoms with Crippen molar-refractivity contribution in [2.75, 3.05) is 13.7 Å². The summed E-state index contributed by atoms with van der Waals surface area (Å²) in [5, 5.41) is 10.4. The number of amides is 1. The van der Waals surface area contributed by atoms with Gasteiger partial charge in [-0.1, -0.05) is 41.4 Å². The lowest BCUT2D eigenvalue weighted by Crippen LogP contribution is -2.38. The number of likely N-dealkylation sites (N-methyl/N-ethyl adjacent to an activating group) is 1. The Bertz CT molecular complexity index is 797. The topological polar surface area (TPSA) is 40.5 Å². The summed E-state index contributed by atoms with van der Waals surface area (Å²) in [7, 11) is 1.71. The minimum Gasteiger partial charge on any atom is -0.396 e. The number of aliphatic hydroxyl groups is 1. The van der Waals surface area contributed by atoms with E-state index in [9.17, 15) is 14.3 Å². The number of carbonyl (C=O) groups is 1. The van der Waals surface area contributed by atoms with Crippen LogP contribution >= 0.6 is 23.2 Å². The van der Waals surface area contributed by atoms with Crippen molar-refractivity contribution in [3.8, 4) is 0 Å². The molecular formula is C19H18Cl2FNO2. The van der Waals surface area contributed by atoms with E-state index in [0.29, 0.717) is 23.0 Å². The van der Waals surface area contributed by atoms with E-state index in [1.165, 1.54) is 12.1 Å². The van der Waals surface area contributed by atoms with Gasteiger partial charge in [0.2, 0.25) is 5.91 Å². The van der Waals surface area contributed by atoms with Gasteiger partial charge in [0, 0.05) is 26.1 Å². The van der Waals surface area contributed by atoms with E-state index in [4.69, 9.17) is 23.2 Å². The van der Waals surface area contributed by atoms with Crippen molar-refractivity contribution in [1.82, 2.24) is 4.90 Å². The fourth-order valence-electron chi connectivity index (χ4n) is 3.34. The summed E-state index contributed by atoms with van der Waals surface area (Å²) >= 11 is 12.1. The molecule has 1 fully saturated rings. The quantitative estimate of drug-likeness (QED) is 0.848. The normalized spacial score (nSPS) is 21.9. The molecule has 132 valence electrons. The molecule has 0 radical (unpaired) electrons. The maximum atomic E-state index is 13.1. The van der Waals surface area contributed by atoms with Crippen LogP contribution in [0.5, 0.6) is 0 Å². The first-order valence-electron chi connectivity index (χ1n) is 7.95. The molecule has 3 rings (SSSR count). The largest absolute Gasteiger partial charge is 0.396 e. The zero-order valence-electron chi connectivity index (χ0n) is 13.7. The summed E-state index contributed by atoms with van der Waals surface area (Å²) in [6.45, 7) is 0.288. The lowest BCUT2D eigenvalue weighted by molar-refractivity contribution is -0.133. The van der Waals surface area contributed by atoms with Crippen molar-refractivity contribution in [3.63, 3.8) is 0 Å². The Balaban J connectivity index is 1.86. The Morgan fingerprint density at radius 1 is 1.24 bits per heavy atom. The molecule has 1 aliphatic rings. The van der Waals surface area contributed by atoms with Crippen LogP contribution in [0.15, 0.2) is 42.5 Å². The Morgan fingerprint density at radius 3 is 2.48 bits per heavy atom. The summed E-state index contributed by atoms with van der Waals surface area (Å²) in [6, 6.07) is 11.2. The lowest BCUT2D eigenvalue weighted by Gasteiger charge is -2.25. The van der Waals surface area contributed by atoms with Crippen LogP contribution in [-0.4, -0.2) is 29.6 Å². The van der Waals surface area contributed by atoms with Crippen LogP contribution in [0.3, 0.4) is 0 Å². The molecule has 0 saturated heterocycles. The third kappa shape index (κ3) is 3.39. The van der Waals surface area contributed by atoms with E-state index in [2.05, 4.69) is 0 Å². The number of benzene rings is 2. The highest BCUT2D eigenvalue weighted by molar-refractivity contribution is 6.42. The summed E-state index contributed by atoms with van der Waals surface area (Å²) in [6.07, 6.45) is 0.564. The molecule has 0 bridgehead atoms. The smallest absolute Gasteiger partial charge is 0.233 e. The number of carbonyl (C=O) groups excluding carboxylic acids is 1. The van der Waals surface area contributed by atoms with E-state index in [0.717, 1.165) is 11.1 Å². The Hall–Kier alpha value is -1.62. The first kappa shape index (κ1) is 18.2. The molecule has 0 aromatic heterocycles. The summed E-state index contributed by atoms with van der Waals surface area (Å²) < 4.78 is 13.0. The molecule has 2 aromatic carbocycles. The average molecular weight is 382 g/mol. The Morgan fingerprint density at radius 2 is 1.92 bits per heavy atom. The predicted octanol–water partition coefficient (Wildman–Crippen LogP) is 4.04. The highest BCUT2D eigenvalue weighted by atomic mass is 35.5. The van der Waals surface area contributed by atoms with Crippen LogP contribution in [0.4, 0.5) is 4.39 Å². The zero-order chi connectivity index (χ0) is 18.2. The number of nitrogens with zero attached hydrogens (tertiary/aromatic N) is 1. The first-order valence-corrected chi connectivity index (χ1v) is 8.70. The third-order valence-electron chi connectivity index (χ3n) is 4.82. The number of aliphatic hydroxyl groups excluding tert-OH is 1. The van der Waals surface area contributed by atoms with E-state index >= 15 is 0 Å². The summed E-state index contributed by atoms with van der Waals surface area (Å²) in [5.41, 5.74) is 0.817. The lowest BCUT2D eigenvalue weighted by atomic mass is 9.91. The van der Waals surface area contributed by atoms with E-state index in [1.807, 2.05) is 0 Å². The maximum Gasteiger partial charge on any atom is 0.233 e. The predicted molar refractivity (Wildman–Crippen MR) is 96.2 cm³/mol. The molecule has 1 aliphatic carbocycles. The van der Waals surface area contributed by atoms with Gasteiger partial charge in [-0.25, -0.2) is 4.39 Å².